The van der Waals surface area contributed by atoms with Crippen molar-refractivity contribution in [2.45, 2.75) is 45.4 Å². The minimum absolute atomic E-state index is 0.163. The monoisotopic (exact) mass is 362 g/mol. The quantitative estimate of drug-likeness (QED) is 0.431. The fraction of sp³-hybridized carbons (Fsp3) is 0.280. The van der Waals surface area contributed by atoms with Crippen LogP contribution in [0.25, 0.3) is 0 Å². The van der Waals surface area contributed by atoms with Crippen LogP contribution in [0.3, 0.4) is 0 Å². The molecule has 2 heteroatoms. The van der Waals surface area contributed by atoms with E-state index in [9.17, 15) is 4.39 Å². The van der Waals surface area contributed by atoms with E-state index in [1.165, 1.54) is 28.8 Å². The van der Waals surface area contributed by atoms with E-state index in [4.69, 9.17) is 4.74 Å². The van der Waals surface area contributed by atoms with E-state index in [2.05, 4.69) is 57.2 Å². The van der Waals surface area contributed by atoms with Crippen molar-refractivity contribution in [3.8, 4) is 11.5 Å². The molecular formula is C25H27FO. The Labute approximate surface area is 161 Å². The van der Waals surface area contributed by atoms with Crippen molar-refractivity contribution in [3.05, 3.63) is 95.3 Å². The SMILES string of the molecule is Cc1ccc(C(C)(C)CCCc2cccc(Oc3ccc(F)cc3)c2)cc1. The van der Waals surface area contributed by atoms with Gasteiger partial charge in [-0.15, -0.1) is 0 Å². The van der Waals surface area contributed by atoms with E-state index in [1.807, 2.05) is 12.1 Å². The largest absolute Gasteiger partial charge is 0.457 e. The molecule has 0 aliphatic heterocycles. The number of aryl methyl sites for hydroxylation is 2. The van der Waals surface area contributed by atoms with Crippen LogP contribution in [-0.4, -0.2) is 0 Å². The molecule has 3 rings (SSSR count). The third kappa shape index (κ3) is 5.43. The Morgan fingerprint density at radius 1 is 0.852 bits per heavy atom. The van der Waals surface area contributed by atoms with Gasteiger partial charge in [0.25, 0.3) is 0 Å². The molecule has 0 N–H and O–H groups in total. The van der Waals surface area contributed by atoms with Gasteiger partial charge in [-0.05, 0) is 79.1 Å². The lowest BCUT2D eigenvalue weighted by Crippen LogP contribution is -2.17. The Bertz CT molecular complexity index is 864. The molecule has 3 aromatic carbocycles. The van der Waals surface area contributed by atoms with Crippen molar-refractivity contribution in [2.75, 3.05) is 0 Å². The van der Waals surface area contributed by atoms with E-state index in [1.54, 1.807) is 12.1 Å². The van der Waals surface area contributed by atoms with E-state index in [0.29, 0.717) is 5.75 Å². The topological polar surface area (TPSA) is 9.23 Å². The van der Waals surface area contributed by atoms with Crippen LogP contribution in [0.15, 0.2) is 72.8 Å². The predicted octanol–water partition coefficient (Wildman–Crippen LogP) is 7.23. The second-order valence-electron chi connectivity index (χ2n) is 7.81. The normalized spacial score (nSPS) is 11.4. The summed E-state index contributed by atoms with van der Waals surface area (Å²) in [6.45, 7) is 6.75. The summed E-state index contributed by atoms with van der Waals surface area (Å²) in [6.07, 6.45) is 3.25. The number of hydrogen-bond acceptors (Lipinski definition) is 1. The fourth-order valence-electron chi connectivity index (χ4n) is 3.29. The lowest BCUT2D eigenvalue weighted by molar-refractivity contribution is 0.459. The summed E-state index contributed by atoms with van der Waals surface area (Å²) < 4.78 is 18.8. The van der Waals surface area contributed by atoms with Gasteiger partial charge in [0.15, 0.2) is 0 Å². The first-order valence-electron chi connectivity index (χ1n) is 9.52. The molecule has 0 bridgehead atoms. The molecule has 3 aromatic rings. The van der Waals surface area contributed by atoms with Crippen LogP contribution in [-0.2, 0) is 11.8 Å². The van der Waals surface area contributed by atoms with Gasteiger partial charge in [0, 0.05) is 0 Å². The van der Waals surface area contributed by atoms with Crippen LogP contribution in [0.2, 0.25) is 0 Å². The summed E-state index contributed by atoms with van der Waals surface area (Å²) in [5, 5.41) is 0. The highest BCUT2D eigenvalue weighted by Gasteiger charge is 2.19. The third-order valence-corrected chi connectivity index (χ3v) is 5.05. The molecule has 0 unspecified atom stereocenters. The highest BCUT2D eigenvalue weighted by atomic mass is 19.1. The molecule has 0 saturated heterocycles. The van der Waals surface area contributed by atoms with E-state index < -0.39 is 0 Å². The summed E-state index contributed by atoms with van der Waals surface area (Å²) in [7, 11) is 0. The zero-order chi connectivity index (χ0) is 19.3. The van der Waals surface area contributed by atoms with Crippen LogP contribution >= 0.6 is 0 Å². The molecule has 27 heavy (non-hydrogen) atoms. The lowest BCUT2D eigenvalue weighted by Gasteiger charge is -2.25. The zero-order valence-corrected chi connectivity index (χ0v) is 16.3. The van der Waals surface area contributed by atoms with Crippen molar-refractivity contribution in [1.29, 1.82) is 0 Å². The van der Waals surface area contributed by atoms with Gasteiger partial charge >= 0.3 is 0 Å². The van der Waals surface area contributed by atoms with Crippen LogP contribution in [0.4, 0.5) is 4.39 Å². The van der Waals surface area contributed by atoms with Gasteiger partial charge in [0.2, 0.25) is 0 Å². The average Bonchev–Trinajstić information content (AvgIpc) is 2.64. The summed E-state index contributed by atoms with van der Waals surface area (Å²) in [6, 6.07) is 23.1. The van der Waals surface area contributed by atoms with Gasteiger partial charge in [-0.1, -0.05) is 55.8 Å². The minimum Gasteiger partial charge on any atom is -0.457 e. The van der Waals surface area contributed by atoms with Crippen LogP contribution < -0.4 is 4.74 Å². The first kappa shape index (κ1) is 19.2. The Hall–Kier alpha value is -2.61. The second kappa shape index (κ2) is 8.39. The standard InChI is InChI=1S/C25H27FO/c1-19-9-11-21(12-10-19)25(2,3)17-5-7-20-6-4-8-24(18-20)27-23-15-13-22(26)14-16-23/h4,6,8-16,18H,5,7,17H2,1-3H3. The van der Waals surface area contributed by atoms with Gasteiger partial charge < -0.3 is 4.74 Å². The molecule has 0 saturated carbocycles. The van der Waals surface area contributed by atoms with Crippen molar-refractivity contribution in [2.24, 2.45) is 0 Å². The fourth-order valence-corrected chi connectivity index (χ4v) is 3.29. The maximum atomic E-state index is 13.0. The highest BCUT2D eigenvalue weighted by Crippen LogP contribution is 2.30. The number of halogens is 1. The third-order valence-electron chi connectivity index (χ3n) is 5.05. The Balaban J connectivity index is 1.58. The first-order chi connectivity index (χ1) is 12.9. The minimum atomic E-state index is -0.257. The van der Waals surface area contributed by atoms with Gasteiger partial charge in [0.05, 0.1) is 0 Å². The number of hydrogen-bond donors (Lipinski definition) is 0. The summed E-state index contributed by atoms with van der Waals surface area (Å²) >= 11 is 0. The van der Waals surface area contributed by atoms with Crippen molar-refractivity contribution in [3.63, 3.8) is 0 Å². The van der Waals surface area contributed by atoms with Crippen molar-refractivity contribution >= 4 is 0 Å². The zero-order valence-electron chi connectivity index (χ0n) is 16.3. The molecule has 0 heterocycles. The maximum Gasteiger partial charge on any atom is 0.127 e. The molecule has 0 aromatic heterocycles. The molecule has 140 valence electrons. The van der Waals surface area contributed by atoms with Crippen LogP contribution in [0.5, 0.6) is 11.5 Å². The maximum absolute atomic E-state index is 13.0. The molecule has 0 amide bonds. The Morgan fingerprint density at radius 3 is 2.26 bits per heavy atom. The van der Waals surface area contributed by atoms with Crippen molar-refractivity contribution in [1.82, 2.24) is 0 Å². The Morgan fingerprint density at radius 2 is 1.56 bits per heavy atom. The van der Waals surface area contributed by atoms with E-state index in [-0.39, 0.29) is 11.2 Å². The van der Waals surface area contributed by atoms with E-state index in [0.717, 1.165) is 25.0 Å². The van der Waals surface area contributed by atoms with Gasteiger partial charge in [-0.2, -0.15) is 0 Å². The average molecular weight is 362 g/mol. The van der Waals surface area contributed by atoms with Gasteiger partial charge in [0.1, 0.15) is 17.3 Å². The molecule has 0 spiro atoms. The van der Waals surface area contributed by atoms with Gasteiger partial charge in [-0.3, -0.25) is 0 Å². The van der Waals surface area contributed by atoms with Gasteiger partial charge in [-0.25, -0.2) is 4.39 Å². The van der Waals surface area contributed by atoms with Crippen LogP contribution in [0.1, 0.15) is 43.4 Å². The molecule has 0 aliphatic rings. The number of benzene rings is 3. The van der Waals surface area contributed by atoms with E-state index >= 15 is 0 Å². The predicted molar refractivity (Wildman–Crippen MR) is 110 cm³/mol. The van der Waals surface area contributed by atoms with Crippen LogP contribution in [0, 0.1) is 12.7 Å². The summed E-state index contributed by atoms with van der Waals surface area (Å²) in [5.41, 5.74) is 4.11. The molecule has 0 radical (unpaired) electrons. The summed E-state index contributed by atoms with van der Waals surface area (Å²) in [4.78, 5) is 0. The molecule has 0 fully saturated rings. The Kier molecular flexibility index (Phi) is 5.95. The lowest BCUT2D eigenvalue weighted by atomic mass is 9.79. The first-order valence-corrected chi connectivity index (χ1v) is 9.52. The smallest absolute Gasteiger partial charge is 0.127 e. The number of rotatable bonds is 7. The number of ether oxygens (including phenoxy) is 1. The molecule has 0 atom stereocenters. The molecular weight excluding hydrogens is 335 g/mol. The molecule has 0 aliphatic carbocycles. The van der Waals surface area contributed by atoms with Crippen molar-refractivity contribution < 1.29 is 9.13 Å². The second-order valence-corrected chi connectivity index (χ2v) is 7.81. The highest BCUT2D eigenvalue weighted by molar-refractivity contribution is 5.34. The summed E-state index contributed by atoms with van der Waals surface area (Å²) in [5.74, 6) is 1.18. The molecule has 1 nitrogen and oxygen atoms in total.